The molecule has 2 rings (SSSR count). The molecule has 0 bridgehead atoms. The maximum Gasteiger partial charge on any atom is 0.233 e. The smallest absolute Gasteiger partial charge is 0.233 e. The molecule has 0 aromatic rings. The first-order valence-corrected chi connectivity index (χ1v) is 11.0. The van der Waals surface area contributed by atoms with Crippen LogP contribution in [0, 0.1) is 5.41 Å². The highest BCUT2D eigenvalue weighted by atomic mass is 127. The van der Waals surface area contributed by atoms with E-state index in [9.17, 15) is 4.79 Å². The third-order valence-corrected chi connectivity index (χ3v) is 6.20. The molecule has 7 nitrogen and oxygen atoms in total. The summed E-state index contributed by atoms with van der Waals surface area (Å²) in [5.41, 5.74) is 0.112. The van der Waals surface area contributed by atoms with Crippen molar-refractivity contribution in [3.05, 3.63) is 0 Å². The molecule has 29 heavy (non-hydrogen) atoms. The summed E-state index contributed by atoms with van der Waals surface area (Å²) in [6.07, 6.45) is 5.72. The number of carbonyl (C=O) groups is 1. The first-order chi connectivity index (χ1) is 13.4. The zero-order valence-electron chi connectivity index (χ0n) is 18.9. The lowest BCUT2D eigenvalue weighted by Gasteiger charge is -2.52. The maximum absolute atomic E-state index is 11.5. The van der Waals surface area contributed by atoms with Crippen LogP contribution in [0.25, 0.3) is 0 Å². The second-order valence-electron chi connectivity index (χ2n) is 8.66. The molecule has 0 aromatic heterocycles. The number of halogens is 1. The molecule has 3 N–H and O–H groups in total. The number of hydrogen-bond donors (Lipinski definition) is 3. The van der Waals surface area contributed by atoms with Crippen molar-refractivity contribution in [2.24, 2.45) is 10.4 Å². The van der Waals surface area contributed by atoms with Crippen LogP contribution in [-0.4, -0.2) is 74.8 Å². The van der Waals surface area contributed by atoms with Gasteiger partial charge in [0.25, 0.3) is 0 Å². The standard InChI is InChI=1S/C21H41N5O2.HI/c1-6-8-13-28-18-14-17(21(18,3)4)25-20(23-7-2)24-16-9-11-26(12-10-16)15-19(27)22-5;/h16-18H,6-15H2,1-5H3,(H,22,27)(H2,23,24,25);1H. The van der Waals surface area contributed by atoms with Gasteiger partial charge in [-0.3, -0.25) is 14.7 Å². The van der Waals surface area contributed by atoms with Gasteiger partial charge in [0.15, 0.2) is 5.96 Å². The second kappa shape index (κ2) is 12.9. The molecule has 0 radical (unpaired) electrons. The predicted octanol–water partition coefficient (Wildman–Crippen LogP) is 2.35. The number of hydrogen-bond acceptors (Lipinski definition) is 4. The van der Waals surface area contributed by atoms with Gasteiger partial charge in [0.1, 0.15) is 0 Å². The Bertz CT molecular complexity index is 521. The molecule has 1 saturated carbocycles. The number of amides is 1. The summed E-state index contributed by atoms with van der Waals surface area (Å²) in [6, 6.07) is 0.781. The summed E-state index contributed by atoms with van der Waals surface area (Å²) < 4.78 is 6.07. The van der Waals surface area contributed by atoms with E-state index in [1.807, 2.05) is 0 Å². The normalized spacial score (nSPS) is 24.9. The van der Waals surface area contributed by atoms with E-state index in [0.29, 0.717) is 24.7 Å². The molecule has 2 atom stereocenters. The van der Waals surface area contributed by atoms with Crippen molar-refractivity contribution in [3.8, 4) is 0 Å². The van der Waals surface area contributed by atoms with Gasteiger partial charge in [-0.05, 0) is 32.6 Å². The van der Waals surface area contributed by atoms with Gasteiger partial charge in [-0.25, -0.2) is 0 Å². The van der Waals surface area contributed by atoms with Crippen molar-refractivity contribution in [1.29, 1.82) is 0 Å². The van der Waals surface area contributed by atoms with Crippen molar-refractivity contribution in [2.45, 2.75) is 78.0 Å². The topological polar surface area (TPSA) is 78.0 Å². The molecule has 2 unspecified atom stereocenters. The number of likely N-dealkylation sites (N-methyl/N-ethyl adjacent to an activating group) is 1. The lowest BCUT2D eigenvalue weighted by molar-refractivity contribution is -0.122. The molecule has 0 spiro atoms. The second-order valence-corrected chi connectivity index (χ2v) is 8.66. The molecule has 2 aliphatic rings. The van der Waals surface area contributed by atoms with Gasteiger partial charge in [-0.15, -0.1) is 24.0 Å². The monoisotopic (exact) mass is 523 g/mol. The molecule has 1 aliphatic carbocycles. The van der Waals surface area contributed by atoms with E-state index in [2.05, 4.69) is 53.5 Å². The Kier molecular flexibility index (Phi) is 11.8. The number of unbranched alkanes of at least 4 members (excludes halogenated alkanes) is 1. The Morgan fingerprint density at radius 1 is 1.21 bits per heavy atom. The third kappa shape index (κ3) is 7.86. The van der Waals surface area contributed by atoms with E-state index in [-0.39, 0.29) is 35.3 Å². The van der Waals surface area contributed by atoms with Crippen LogP contribution in [0.4, 0.5) is 0 Å². The van der Waals surface area contributed by atoms with Crippen molar-refractivity contribution >= 4 is 35.8 Å². The average molecular weight is 524 g/mol. The Morgan fingerprint density at radius 3 is 2.45 bits per heavy atom. The van der Waals surface area contributed by atoms with E-state index in [0.717, 1.165) is 57.9 Å². The number of nitrogens with one attached hydrogen (secondary N) is 3. The first kappa shape index (κ1) is 26.4. The highest BCUT2D eigenvalue weighted by Crippen LogP contribution is 2.42. The van der Waals surface area contributed by atoms with Gasteiger partial charge in [-0.2, -0.15) is 0 Å². The molecular weight excluding hydrogens is 481 g/mol. The molecule has 0 aromatic carbocycles. The van der Waals surface area contributed by atoms with Crippen molar-refractivity contribution < 1.29 is 9.53 Å². The number of guanidine groups is 1. The van der Waals surface area contributed by atoms with E-state index < -0.39 is 0 Å². The summed E-state index contributed by atoms with van der Waals surface area (Å²) in [4.78, 5) is 18.4. The van der Waals surface area contributed by atoms with Gasteiger partial charge in [0.05, 0.1) is 12.6 Å². The minimum Gasteiger partial charge on any atom is -0.378 e. The SMILES string of the molecule is CCCCOC1CC(NC(=NCC)NC2CCN(CC(=O)NC)CC2)C1(C)C.I. The van der Waals surface area contributed by atoms with Crippen molar-refractivity contribution in [1.82, 2.24) is 20.9 Å². The van der Waals surface area contributed by atoms with Gasteiger partial charge in [0.2, 0.25) is 5.91 Å². The van der Waals surface area contributed by atoms with Crippen LogP contribution in [0.3, 0.4) is 0 Å². The van der Waals surface area contributed by atoms with Crippen LogP contribution in [0.5, 0.6) is 0 Å². The zero-order chi connectivity index (χ0) is 20.6. The van der Waals surface area contributed by atoms with Gasteiger partial charge < -0.3 is 20.7 Å². The summed E-state index contributed by atoms with van der Waals surface area (Å²) in [5, 5.41) is 9.96. The minimum absolute atomic E-state index is 0. The quantitative estimate of drug-likeness (QED) is 0.187. The summed E-state index contributed by atoms with van der Waals surface area (Å²) in [5.74, 6) is 1.00. The Hall–Kier alpha value is -0.610. The van der Waals surface area contributed by atoms with Crippen LogP contribution < -0.4 is 16.0 Å². The summed E-state index contributed by atoms with van der Waals surface area (Å²) in [7, 11) is 1.69. The highest BCUT2D eigenvalue weighted by molar-refractivity contribution is 14.0. The van der Waals surface area contributed by atoms with E-state index >= 15 is 0 Å². The van der Waals surface area contributed by atoms with Crippen LogP contribution in [-0.2, 0) is 9.53 Å². The fourth-order valence-corrected chi connectivity index (χ4v) is 3.95. The molecule has 8 heteroatoms. The van der Waals surface area contributed by atoms with Crippen LogP contribution in [0.15, 0.2) is 4.99 Å². The van der Waals surface area contributed by atoms with Crippen molar-refractivity contribution in [2.75, 3.05) is 39.8 Å². The zero-order valence-corrected chi connectivity index (χ0v) is 21.3. The van der Waals surface area contributed by atoms with E-state index in [1.54, 1.807) is 7.05 Å². The van der Waals surface area contributed by atoms with Gasteiger partial charge in [0, 0.05) is 50.8 Å². The molecule has 170 valence electrons. The van der Waals surface area contributed by atoms with E-state index in [4.69, 9.17) is 4.74 Å². The number of piperidine rings is 1. The molecule has 1 amide bonds. The fraction of sp³-hybridized carbons (Fsp3) is 0.905. The largest absolute Gasteiger partial charge is 0.378 e. The van der Waals surface area contributed by atoms with Gasteiger partial charge >= 0.3 is 0 Å². The Balaban J connectivity index is 0.00000420. The molecule has 2 fully saturated rings. The molecular formula is C21H42IN5O2. The summed E-state index contributed by atoms with van der Waals surface area (Å²) in [6.45, 7) is 12.8. The number of carbonyl (C=O) groups excluding carboxylic acids is 1. The molecule has 1 heterocycles. The fourth-order valence-electron chi connectivity index (χ4n) is 3.95. The molecule has 1 saturated heterocycles. The highest BCUT2D eigenvalue weighted by Gasteiger charge is 2.49. The number of likely N-dealkylation sites (tertiary alicyclic amines) is 1. The van der Waals surface area contributed by atoms with E-state index in [1.165, 1.54) is 6.42 Å². The lowest BCUT2D eigenvalue weighted by Crippen LogP contribution is -2.64. The lowest BCUT2D eigenvalue weighted by atomic mass is 9.64. The Labute approximate surface area is 194 Å². The predicted molar refractivity (Wildman–Crippen MR) is 130 cm³/mol. The maximum atomic E-state index is 11.5. The number of aliphatic imine (C=N–C) groups is 1. The van der Waals surface area contributed by atoms with Gasteiger partial charge in [-0.1, -0.05) is 27.2 Å². The molecule has 1 aliphatic heterocycles. The minimum atomic E-state index is 0. The van der Waals surface area contributed by atoms with Crippen LogP contribution >= 0.6 is 24.0 Å². The third-order valence-electron chi connectivity index (χ3n) is 6.20. The summed E-state index contributed by atoms with van der Waals surface area (Å²) >= 11 is 0. The first-order valence-electron chi connectivity index (χ1n) is 11.0. The van der Waals surface area contributed by atoms with Crippen LogP contribution in [0.1, 0.15) is 59.8 Å². The van der Waals surface area contributed by atoms with Crippen LogP contribution in [0.2, 0.25) is 0 Å². The van der Waals surface area contributed by atoms with Crippen molar-refractivity contribution in [3.63, 3.8) is 0 Å². The average Bonchev–Trinajstić information content (AvgIpc) is 2.68. The number of ether oxygens (including phenoxy) is 1. The Morgan fingerprint density at radius 2 is 1.90 bits per heavy atom. The number of nitrogens with zero attached hydrogens (tertiary/aromatic N) is 2. The number of rotatable bonds is 9.